The molecule has 8 nitrogen and oxygen atoms in total. The fraction of sp³-hybridized carbons (Fsp3) is 0.308. The van der Waals surface area contributed by atoms with Crippen molar-refractivity contribution in [2.75, 3.05) is 12.3 Å². The zero-order chi connectivity index (χ0) is 26.0. The smallest absolute Gasteiger partial charge is 0.382 e. The number of hydrogen-bond acceptors (Lipinski definition) is 6. The maximum absolute atomic E-state index is 12.7. The van der Waals surface area contributed by atoms with E-state index in [9.17, 15) is 18.0 Å². The predicted molar refractivity (Wildman–Crippen MR) is 133 cm³/mol. The van der Waals surface area contributed by atoms with Gasteiger partial charge in [0.25, 0.3) is 5.91 Å². The molecule has 0 radical (unpaired) electrons. The Hall–Kier alpha value is -3.99. The van der Waals surface area contributed by atoms with Crippen LogP contribution in [0.5, 0.6) is 0 Å². The molecule has 0 unspecified atom stereocenters. The summed E-state index contributed by atoms with van der Waals surface area (Å²) in [6.45, 7) is 0.944. The van der Waals surface area contributed by atoms with Gasteiger partial charge in [0.05, 0.1) is 24.7 Å². The largest absolute Gasteiger partial charge is 0.393 e. The summed E-state index contributed by atoms with van der Waals surface area (Å²) < 4.78 is 39.9. The quantitative estimate of drug-likeness (QED) is 0.359. The monoisotopic (exact) mass is 509 g/mol. The van der Waals surface area contributed by atoms with Crippen LogP contribution in [0, 0.1) is 0 Å². The number of fused-ring (bicyclic) bond motifs is 1. The van der Waals surface area contributed by atoms with E-state index in [1.54, 1.807) is 30.5 Å². The topological polar surface area (TPSA) is 110 Å². The van der Waals surface area contributed by atoms with Crippen molar-refractivity contribution in [3.8, 4) is 11.3 Å². The number of aromatic nitrogens is 4. The second kappa shape index (κ2) is 10.2. The molecule has 1 aliphatic rings. The van der Waals surface area contributed by atoms with Gasteiger partial charge in [0, 0.05) is 29.7 Å². The van der Waals surface area contributed by atoms with Crippen LogP contribution in [0.15, 0.2) is 55.0 Å². The third-order valence-corrected chi connectivity index (χ3v) is 6.37. The average Bonchev–Trinajstić information content (AvgIpc) is 3.28. The molecule has 1 amide bonds. The Kier molecular flexibility index (Phi) is 6.79. The van der Waals surface area contributed by atoms with Crippen LogP contribution in [0.2, 0.25) is 0 Å². The molecule has 5 rings (SSSR count). The number of rotatable bonds is 6. The van der Waals surface area contributed by atoms with Gasteiger partial charge in [-0.15, -0.1) is 0 Å². The van der Waals surface area contributed by atoms with Crippen molar-refractivity contribution in [1.82, 2.24) is 30.0 Å². The van der Waals surface area contributed by atoms with E-state index in [0.29, 0.717) is 28.3 Å². The first-order chi connectivity index (χ1) is 17.8. The summed E-state index contributed by atoms with van der Waals surface area (Å²) in [5.41, 5.74) is 9.27. The highest BCUT2D eigenvalue weighted by Gasteiger charge is 2.28. The number of piperidine rings is 1. The van der Waals surface area contributed by atoms with Gasteiger partial charge in [0.15, 0.2) is 0 Å². The van der Waals surface area contributed by atoms with E-state index in [0.717, 1.165) is 37.2 Å². The molecule has 37 heavy (non-hydrogen) atoms. The summed E-state index contributed by atoms with van der Waals surface area (Å²) in [7, 11) is 0. The van der Waals surface area contributed by atoms with Crippen molar-refractivity contribution in [1.29, 1.82) is 0 Å². The van der Waals surface area contributed by atoms with Crippen LogP contribution in [0.4, 0.5) is 19.0 Å². The van der Waals surface area contributed by atoms with Crippen LogP contribution < -0.4 is 16.4 Å². The highest BCUT2D eigenvalue weighted by Crippen LogP contribution is 2.32. The lowest BCUT2D eigenvalue weighted by Gasteiger charge is -2.22. The van der Waals surface area contributed by atoms with E-state index in [-0.39, 0.29) is 24.1 Å². The Morgan fingerprint density at radius 2 is 1.95 bits per heavy atom. The third-order valence-electron chi connectivity index (χ3n) is 6.37. The molecule has 1 aliphatic heterocycles. The number of halogens is 3. The fourth-order valence-corrected chi connectivity index (χ4v) is 4.62. The number of pyridine rings is 1. The lowest BCUT2D eigenvalue weighted by molar-refractivity contribution is -0.127. The summed E-state index contributed by atoms with van der Waals surface area (Å²) in [4.78, 5) is 25.9. The molecular formula is C26H26F3N7O. The summed E-state index contributed by atoms with van der Waals surface area (Å²) in [6.07, 6.45) is 2.70. The van der Waals surface area contributed by atoms with Crippen LogP contribution in [0.1, 0.15) is 52.7 Å². The second-order valence-corrected chi connectivity index (χ2v) is 9.06. The zero-order valence-electron chi connectivity index (χ0n) is 19.9. The lowest BCUT2D eigenvalue weighted by atomic mass is 10.0. The van der Waals surface area contributed by atoms with Gasteiger partial charge < -0.3 is 16.4 Å². The Morgan fingerprint density at radius 3 is 2.68 bits per heavy atom. The Bertz CT molecular complexity index is 1410. The predicted octanol–water partition coefficient (Wildman–Crippen LogP) is 4.22. The van der Waals surface area contributed by atoms with Gasteiger partial charge in [-0.2, -0.15) is 13.2 Å². The third kappa shape index (κ3) is 5.56. The van der Waals surface area contributed by atoms with E-state index in [2.05, 4.69) is 20.6 Å². The van der Waals surface area contributed by atoms with E-state index in [1.807, 2.05) is 10.6 Å². The number of hydrogen-bond donors (Lipinski definition) is 3. The van der Waals surface area contributed by atoms with Crippen LogP contribution in [0.25, 0.3) is 16.8 Å². The van der Waals surface area contributed by atoms with E-state index < -0.39 is 12.6 Å². The number of imidazole rings is 1. The average molecular weight is 510 g/mol. The van der Waals surface area contributed by atoms with Gasteiger partial charge in [-0.3, -0.25) is 14.2 Å². The molecule has 0 bridgehead atoms. The number of nitrogen functional groups attached to an aromatic ring is 1. The first kappa shape index (κ1) is 24.7. The minimum absolute atomic E-state index is 0.0118. The molecule has 192 valence electrons. The summed E-state index contributed by atoms with van der Waals surface area (Å²) in [6, 6.07) is 9.72. The molecule has 0 spiro atoms. The molecule has 1 saturated heterocycles. The number of nitrogens with two attached hydrogens (primary N) is 1. The van der Waals surface area contributed by atoms with Gasteiger partial charge >= 0.3 is 6.18 Å². The van der Waals surface area contributed by atoms with Crippen molar-refractivity contribution < 1.29 is 18.0 Å². The van der Waals surface area contributed by atoms with Gasteiger partial charge in [-0.05, 0) is 49.2 Å². The Labute approximate surface area is 211 Å². The maximum atomic E-state index is 12.7. The maximum Gasteiger partial charge on any atom is 0.393 e. The molecule has 4 aromatic rings. The number of alkyl halides is 3. The molecule has 1 atom stereocenters. The van der Waals surface area contributed by atoms with Crippen LogP contribution in [-0.4, -0.2) is 38.0 Å². The van der Waals surface area contributed by atoms with Gasteiger partial charge in [0.2, 0.25) is 0 Å². The summed E-state index contributed by atoms with van der Waals surface area (Å²) >= 11 is 0. The highest BCUT2D eigenvalue weighted by molar-refractivity contribution is 5.95. The highest BCUT2D eigenvalue weighted by atomic mass is 19.4. The number of nitrogens with zero attached hydrogens (tertiary/aromatic N) is 4. The summed E-state index contributed by atoms with van der Waals surface area (Å²) in [5.74, 6) is 0.882. The van der Waals surface area contributed by atoms with Crippen molar-refractivity contribution in [2.24, 2.45) is 0 Å². The lowest BCUT2D eigenvalue weighted by Crippen LogP contribution is -2.28. The number of benzene rings is 1. The molecule has 3 aromatic heterocycles. The SMILES string of the molecule is Nc1nccn2c([C@@H]3CCCCN3)nc(-c3ccc(C(=O)NCc4cc(CC(F)(F)F)ccn4)cc3)c12. The number of anilines is 1. The van der Waals surface area contributed by atoms with Crippen molar-refractivity contribution in [3.63, 3.8) is 0 Å². The van der Waals surface area contributed by atoms with Gasteiger partial charge in [-0.1, -0.05) is 18.6 Å². The van der Waals surface area contributed by atoms with Crippen LogP contribution in [0.3, 0.4) is 0 Å². The minimum atomic E-state index is -4.31. The molecule has 4 N–H and O–H groups in total. The number of carbonyl (C=O) groups is 1. The zero-order valence-corrected chi connectivity index (χ0v) is 19.9. The first-order valence-corrected chi connectivity index (χ1v) is 12.0. The van der Waals surface area contributed by atoms with Crippen LogP contribution >= 0.6 is 0 Å². The normalized spacial score (nSPS) is 16.1. The Morgan fingerprint density at radius 1 is 1.14 bits per heavy atom. The summed E-state index contributed by atoms with van der Waals surface area (Å²) in [5, 5.41) is 6.23. The molecule has 4 heterocycles. The Balaban J connectivity index is 1.33. The van der Waals surface area contributed by atoms with E-state index in [1.165, 1.54) is 18.3 Å². The molecular weight excluding hydrogens is 483 g/mol. The van der Waals surface area contributed by atoms with Gasteiger partial charge in [0.1, 0.15) is 22.9 Å². The second-order valence-electron chi connectivity index (χ2n) is 9.06. The molecule has 11 heteroatoms. The molecule has 1 fully saturated rings. The van der Waals surface area contributed by atoms with Crippen LogP contribution in [-0.2, 0) is 13.0 Å². The van der Waals surface area contributed by atoms with E-state index >= 15 is 0 Å². The first-order valence-electron chi connectivity index (χ1n) is 12.0. The molecule has 0 aliphatic carbocycles. The minimum Gasteiger partial charge on any atom is -0.382 e. The number of nitrogens with one attached hydrogen (secondary N) is 2. The molecule has 1 aromatic carbocycles. The number of carbonyl (C=O) groups excluding carboxylic acids is 1. The van der Waals surface area contributed by atoms with Crippen molar-refractivity contribution in [2.45, 2.75) is 44.4 Å². The molecule has 0 saturated carbocycles. The fourth-order valence-electron chi connectivity index (χ4n) is 4.62. The standard InChI is InChI=1S/C26H26F3N7O/c27-26(28,29)14-16-8-10-31-19(13-16)15-34-25(37)18-6-4-17(5-7-18)21-22-23(30)33-11-12-36(22)24(35-21)20-3-1-2-9-32-20/h4-8,10-13,20,32H,1-3,9,14-15H2,(H2,30,33)(H,34,37)/t20-/m0/s1. The van der Waals surface area contributed by atoms with Crippen molar-refractivity contribution in [3.05, 3.63) is 77.6 Å². The van der Waals surface area contributed by atoms with Gasteiger partial charge in [-0.25, -0.2) is 9.97 Å². The van der Waals surface area contributed by atoms with E-state index in [4.69, 9.17) is 10.7 Å². The van der Waals surface area contributed by atoms with Crippen molar-refractivity contribution >= 4 is 17.2 Å². The number of amides is 1.